The fraction of sp³-hybridized carbons (Fsp3) is 0.235. The van der Waals surface area contributed by atoms with Gasteiger partial charge in [0.2, 0.25) is 0 Å². The predicted octanol–water partition coefficient (Wildman–Crippen LogP) is 2.25. The van der Waals surface area contributed by atoms with Crippen molar-refractivity contribution < 1.29 is 14.0 Å². The molecule has 0 saturated carbocycles. The number of hydrogen-bond donors (Lipinski definition) is 1. The number of hydrogen-bond acceptors (Lipinski definition) is 3. The summed E-state index contributed by atoms with van der Waals surface area (Å²) in [5.41, 5.74) is 1.30. The van der Waals surface area contributed by atoms with Crippen LogP contribution in [-0.4, -0.2) is 34.8 Å². The Kier molecular flexibility index (Phi) is 5.80. The molecule has 23 heavy (non-hydrogen) atoms. The van der Waals surface area contributed by atoms with Gasteiger partial charge in [0.15, 0.2) is 0 Å². The number of likely N-dealkylation sites (N-methyl/N-ethyl adjacent to an activating group) is 1. The summed E-state index contributed by atoms with van der Waals surface area (Å²) in [7, 11) is 0. The van der Waals surface area contributed by atoms with Crippen molar-refractivity contribution in [3.63, 3.8) is 0 Å². The number of amides is 2. The molecule has 0 radical (unpaired) electrons. The Morgan fingerprint density at radius 3 is 2.61 bits per heavy atom. The summed E-state index contributed by atoms with van der Waals surface area (Å²) in [4.78, 5) is 29.6. The van der Waals surface area contributed by atoms with E-state index in [1.807, 2.05) is 12.1 Å². The van der Waals surface area contributed by atoms with Crippen molar-refractivity contribution in [1.82, 2.24) is 9.88 Å². The first-order valence-electron chi connectivity index (χ1n) is 7.35. The van der Waals surface area contributed by atoms with Gasteiger partial charge in [0.25, 0.3) is 0 Å². The molecule has 120 valence electrons. The smallest absolute Gasteiger partial charge is 0.313 e. The van der Waals surface area contributed by atoms with E-state index >= 15 is 0 Å². The van der Waals surface area contributed by atoms with Crippen LogP contribution in [0.1, 0.15) is 12.5 Å². The van der Waals surface area contributed by atoms with Gasteiger partial charge in [-0.3, -0.25) is 14.6 Å². The highest BCUT2D eigenvalue weighted by Gasteiger charge is 2.20. The van der Waals surface area contributed by atoms with E-state index in [-0.39, 0.29) is 5.69 Å². The number of rotatable bonds is 5. The van der Waals surface area contributed by atoms with Crippen LogP contribution in [-0.2, 0) is 16.0 Å². The van der Waals surface area contributed by atoms with Gasteiger partial charge in [-0.05, 0) is 49.2 Å². The van der Waals surface area contributed by atoms with Gasteiger partial charge in [-0.15, -0.1) is 0 Å². The second-order valence-corrected chi connectivity index (χ2v) is 4.95. The van der Waals surface area contributed by atoms with Crippen LogP contribution in [0.2, 0.25) is 0 Å². The number of carbonyl (C=O) groups is 2. The second-order valence-electron chi connectivity index (χ2n) is 4.95. The second kappa shape index (κ2) is 8.03. The number of anilines is 1. The zero-order chi connectivity index (χ0) is 16.7. The predicted molar refractivity (Wildman–Crippen MR) is 85.2 cm³/mol. The largest absolute Gasteiger partial charge is 0.334 e. The zero-order valence-corrected chi connectivity index (χ0v) is 12.8. The topological polar surface area (TPSA) is 62.3 Å². The fourth-order valence-electron chi connectivity index (χ4n) is 2.11. The molecule has 0 fully saturated rings. The van der Waals surface area contributed by atoms with Crippen molar-refractivity contribution in [3.8, 4) is 0 Å². The summed E-state index contributed by atoms with van der Waals surface area (Å²) >= 11 is 0. The molecule has 0 unspecified atom stereocenters. The third-order valence-corrected chi connectivity index (χ3v) is 3.37. The monoisotopic (exact) mass is 315 g/mol. The van der Waals surface area contributed by atoms with E-state index in [1.54, 1.807) is 19.3 Å². The fourth-order valence-corrected chi connectivity index (χ4v) is 2.11. The lowest BCUT2D eigenvalue weighted by Gasteiger charge is -2.20. The van der Waals surface area contributed by atoms with Gasteiger partial charge in [-0.1, -0.05) is 6.07 Å². The normalized spacial score (nSPS) is 10.2. The highest BCUT2D eigenvalue weighted by molar-refractivity contribution is 6.39. The minimum absolute atomic E-state index is 0.258. The number of nitrogens with one attached hydrogen (secondary N) is 1. The van der Waals surface area contributed by atoms with Gasteiger partial charge in [-0.2, -0.15) is 0 Å². The average Bonchev–Trinajstić information content (AvgIpc) is 2.56. The van der Waals surface area contributed by atoms with E-state index in [4.69, 9.17) is 0 Å². The molecular weight excluding hydrogens is 297 g/mol. The molecule has 0 spiro atoms. The summed E-state index contributed by atoms with van der Waals surface area (Å²) in [6.45, 7) is 2.65. The van der Waals surface area contributed by atoms with E-state index < -0.39 is 17.6 Å². The molecular formula is C17H18FN3O2. The minimum atomic E-state index is -0.771. The Hall–Kier alpha value is -2.76. The molecule has 0 aliphatic rings. The Labute approximate surface area is 134 Å². The van der Waals surface area contributed by atoms with E-state index in [1.165, 1.54) is 29.2 Å². The number of aromatic nitrogens is 1. The molecule has 0 atom stereocenters. The summed E-state index contributed by atoms with van der Waals surface area (Å²) < 4.78 is 13.1. The van der Waals surface area contributed by atoms with Crippen molar-refractivity contribution in [2.45, 2.75) is 13.3 Å². The van der Waals surface area contributed by atoms with Crippen molar-refractivity contribution in [2.24, 2.45) is 0 Å². The molecule has 2 rings (SSSR count). The van der Waals surface area contributed by atoms with Gasteiger partial charge in [-0.25, -0.2) is 4.39 Å². The van der Waals surface area contributed by atoms with Crippen molar-refractivity contribution in [1.29, 1.82) is 0 Å². The van der Waals surface area contributed by atoms with Crippen LogP contribution in [0.5, 0.6) is 0 Å². The van der Waals surface area contributed by atoms with Crippen LogP contribution in [0.15, 0.2) is 48.8 Å². The van der Waals surface area contributed by atoms with Gasteiger partial charge >= 0.3 is 11.8 Å². The number of benzene rings is 1. The summed E-state index contributed by atoms with van der Waals surface area (Å²) in [5.74, 6) is -1.88. The van der Waals surface area contributed by atoms with Crippen LogP contribution in [0.3, 0.4) is 0 Å². The van der Waals surface area contributed by atoms with Crippen molar-refractivity contribution in [2.75, 3.05) is 18.4 Å². The Morgan fingerprint density at radius 2 is 1.96 bits per heavy atom. The Bertz CT molecular complexity index is 677. The van der Waals surface area contributed by atoms with Crippen LogP contribution >= 0.6 is 0 Å². The molecule has 1 aromatic carbocycles. The van der Waals surface area contributed by atoms with Gasteiger partial charge < -0.3 is 10.2 Å². The third kappa shape index (κ3) is 4.88. The quantitative estimate of drug-likeness (QED) is 0.861. The lowest BCUT2D eigenvalue weighted by atomic mass is 10.2. The first kappa shape index (κ1) is 16.6. The van der Waals surface area contributed by atoms with Gasteiger partial charge in [0, 0.05) is 31.2 Å². The molecule has 1 aromatic heterocycles. The number of halogens is 1. The summed E-state index contributed by atoms with van der Waals surface area (Å²) in [5, 5.41) is 2.42. The van der Waals surface area contributed by atoms with Crippen molar-refractivity contribution in [3.05, 3.63) is 60.2 Å². The number of pyridine rings is 1. The number of nitrogens with zero attached hydrogens (tertiary/aromatic N) is 2. The Balaban J connectivity index is 1.94. The summed E-state index contributed by atoms with van der Waals surface area (Å²) in [6.07, 6.45) is 4.00. The van der Waals surface area contributed by atoms with E-state index in [9.17, 15) is 14.0 Å². The molecule has 6 heteroatoms. The highest BCUT2D eigenvalue weighted by atomic mass is 19.1. The van der Waals surface area contributed by atoms with Crippen LogP contribution in [0, 0.1) is 5.82 Å². The van der Waals surface area contributed by atoms with Crippen molar-refractivity contribution >= 4 is 17.5 Å². The molecule has 0 aliphatic carbocycles. The molecule has 5 nitrogen and oxygen atoms in total. The van der Waals surface area contributed by atoms with Gasteiger partial charge in [0.1, 0.15) is 5.82 Å². The summed E-state index contributed by atoms with van der Waals surface area (Å²) in [6, 6.07) is 9.16. The maximum Gasteiger partial charge on any atom is 0.313 e. The standard InChI is InChI=1S/C17H18FN3O2/c1-2-21(11-8-13-6-9-19-10-7-13)17(23)16(22)20-15-5-3-4-14(18)12-15/h3-7,9-10,12H,2,8,11H2,1H3,(H,20,22). The first-order chi connectivity index (χ1) is 11.1. The highest BCUT2D eigenvalue weighted by Crippen LogP contribution is 2.09. The molecule has 2 amide bonds. The SMILES string of the molecule is CCN(CCc1ccncc1)C(=O)C(=O)Nc1cccc(F)c1. The Morgan fingerprint density at radius 1 is 1.22 bits per heavy atom. The maximum absolute atomic E-state index is 13.1. The third-order valence-electron chi connectivity index (χ3n) is 3.37. The molecule has 2 aromatic rings. The maximum atomic E-state index is 13.1. The zero-order valence-electron chi connectivity index (χ0n) is 12.8. The van der Waals surface area contributed by atoms with E-state index in [2.05, 4.69) is 10.3 Å². The average molecular weight is 315 g/mol. The minimum Gasteiger partial charge on any atom is -0.334 e. The van der Waals surface area contributed by atoms with E-state index in [0.717, 1.165) is 5.56 Å². The molecule has 1 N–H and O–H groups in total. The van der Waals surface area contributed by atoms with Crippen LogP contribution in [0.25, 0.3) is 0 Å². The lowest BCUT2D eigenvalue weighted by molar-refractivity contribution is -0.143. The van der Waals surface area contributed by atoms with E-state index in [0.29, 0.717) is 19.5 Å². The first-order valence-corrected chi connectivity index (χ1v) is 7.35. The molecule has 0 saturated heterocycles. The van der Waals surface area contributed by atoms with Crippen LogP contribution in [0.4, 0.5) is 10.1 Å². The van der Waals surface area contributed by atoms with Crippen LogP contribution < -0.4 is 5.32 Å². The molecule has 1 heterocycles. The lowest BCUT2D eigenvalue weighted by Crippen LogP contribution is -2.40. The molecule has 0 bridgehead atoms. The van der Waals surface area contributed by atoms with Gasteiger partial charge in [0.05, 0.1) is 0 Å². The number of carbonyl (C=O) groups excluding carboxylic acids is 2. The molecule has 0 aliphatic heterocycles.